The highest BCUT2D eigenvalue weighted by molar-refractivity contribution is 5.39. The maximum atomic E-state index is 14.5. The van der Waals surface area contributed by atoms with Gasteiger partial charge in [0.15, 0.2) is 11.6 Å². The zero-order chi connectivity index (χ0) is 14.5. The Morgan fingerprint density at radius 3 is 2.60 bits per heavy atom. The summed E-state index contributed by atoms with van der Waals surface area (Å²) < 4.78 is 61.3. The molecule has 0 bridgehead atoms. The predicted octanol–water partition coefficient (Wildman–Crippen LogP) is 4.04. The van der Waals surface area contributed by atoms with Gasteiger partial charge in [-0.1, -0.05) is 6.07 Å². The van der Waals surface area contributed by atoms with Crippen LogP contribution in [-0.2, 0) is 17.1 Å². The van der Waals surface area contributed by atoms with Crippen LogP contribution in [0.4, 0.5) is 17.6 Å². The van der Waals surface area contributed by atoms with Crippen molar-refractivity contribution in [2.24, 2.45) is 11.8 Å². The van der Waals surface area contributed by atoms with Crippen molar-refractivity contribution < 1.29 is 22.3 Å². The quantitative estimate of drug-likeness (QED) is 0.709. The first-order chi connectivity index (χ1) is 9.41. The van der Waals surface area contributed by atoms with E-state index in [1.54, 1.807) is 0 Å². The van der Waals surface area contributed by atoms with E-state index in [1.165, 1.54) is 6.07 Å². The number of rotatable bonds is 1. The van der Waals surface area contributed by atoms with Crippen molar-refractivity contribution in [3.63, 3.8) is 0 Å². The smallest absolute Gasteiger partial charge is 0.279 e. The summed E-state index contributed by atoms with van der Waals surface area (Å²) in [7, 11) is 0. The Hall–Kier alpha value is -1.10. The van der Waals surface area contributed by atoms with Crippen molar-refractivity contribution in [3.05, 3.63) is 34.9 Å². The average molecular weight is 288 g/mol. The monoisotopic (exact) mass is 288 g/mol. The lowest BCUT2D eigenvalue weighted by atomic mass is 9.82. The number of halogens is 4. The van der Waals surface area contributed by atoms with Gasteiger partial charge in [-0.25, -0.2) is 17.6 Å². The van der Waals surface area contributed by atoms with Gasteiger partial charge in [-0.05, 0) is 43.7 Å². The Balaban J connectivity index is 1.92. The number of alkyl halides is 2. The summed E-state index contributed by atoms with van der Waals surface area (Å²) in [6.45, 7) is 2.17. The molecule has 1 aliphatic heterocycles. The summed E-state index contributed by atoms with van der Waals surface area (Å²) in [5, 5.41) is 0. The van der Waals surface area contributed by atoms with Gasteiger partial charge < -0.3 is 4.74 Å². The minimum absolute atomic E-state index is 0.0813. The molecule has 5 heteroatoms. The third-order valence-electron chi connectivity index (χ3n) is 4.53. The molecule has 1 heterocycles. The molecule has 0 amide bonds. The Labute approximate surface area is 114 Å². The van der Waals surface area contributed by atoms with Crippen molar-refractivity contribution >= 4 is 0 Å². The van der Waals surface area contributed by atoms with Gasteiger partial charge in [-0.2, -0.15) is 0 Å². The first kappa shape index (κ1) is 13.9. The fourth-order valence-corrected chi connectivity index (χ4v) is 3.35. The molecule has 20 heavy (non-hydrogen) atoms. The van der Waals surface area contributed by atoms with Crippen LogP contribution in [0.15, 0.2) is 12.1 Å². The van der Waals surface area contributed by atoms with E-state index in [9.17, 15) is 17.6 Å². The van der Waals surface area contributed by atoms with Gasteiger partial charge in [0.2, 0.25) is 0 Å². The first-order valence-corrected chi connectivity index (χ1v) is 6.88. The topological polar surface area (TPSA) is 9.23 Å². The molecule has 1 aromatic carbocycles. The second-order valence-corrected chi connectivity index (χ2v) is 5.81. The minimum Gasteiger partial charge on any atom is -0.378 e. The molecule has 0 saturated carbocycles. The lowest BCUT2D eigenvalue weighted by Crippen LogP contribution is -2.36. The molecule has 1 aromatic rings. The molecular weight excluding hydrogens is 272 g/mol. The standard InChI is InChI=1S/C15H16F4O/c1-8-2-3-10(7-20-8)11-6-9-4-5-12(16)14(17)13(9)15(11,18)19/h4-5,8,10-11H,2-3,6-7H2,1H3. The van der Waals surface area contributed by atoms with Crippen LogP contribution in [0.5, 0.6) is 0 Å². The van der Waals surface area contributed by atoms with Crippen molar-refractivity contribution in [1.29, 1.82) is 0 Å². The van der Waals surface area contributed by atoms with E-state index in [0.717, 1.165) is 12.5 Å². The van der Waals surface area contributed by atoms with Crippen LogP contribution in [0.2, 0.25) is 0 Å². The molecule has 1 fully saturated rings. The van der Waals surface area contributed by atoms with E-state index >= 15 is 0 Å². The van der Waals surface area contributed by atoms with Crippen LogP contribution in [0.1, 0.15) is 30.9 Å². The SMILES string of the molecule is CC1CCC(C2Cc3ccc(F)c(F)c3C2(F)F)CO1. The molecule has 0 aromatic heterocycles. The van der Waals surface area contributed by atoms with E-state index in [4.69, 9.17) is 4.74 Å². The van der Waals surface area contributed by atoms with Crippen molar-refractivity contribution in [2.45, 2.75) is 38.2 Å². The van der Waals surface area contributed by atoms with E-state index in [2.05, 4.69) is 0 Å². The maximum Gasteiger partial charge on any atom is 0.279 e. The van der Waals surface area contributed by atoms with Gasteiger partial charge in [0, 0.05) is 5.92 Å². The van der Waals surface area contributed by atoms with E-state index < -0.39 is 29.0 Å². The Morgan fingerprint density at radius 1 is 1.20 bits per heavy atom. The number of hydrogen-bond acceptors (Lipinski definition) is 1. The molecule has 3 rings (SSSR count). The Kier molecular flexibility index (Phi) is 3.27. The third-order valence-corrected chi connectivity index (χ3v) is 4.53. The van der Waals surface area contributed by atoms with Gasteiger partial charge in [0.1, 0.15) is 0 Å². The van der Waals surface area contributed by atoms with E-state index in [0.29, 0.717) is 6.42 Å². The number of ether oxygens (including phenoxy) is 1. The van der Waals surface area contributed by atoms with Crippen molar-refractivity contribution in [3.8, 4) is 0 Å². The maximum absolute atomic E-state index is 14.5. The van der Waals surface area contributed by atoms with Crippen LogP contribution in [0.25, 0.3) is 0 Å². The summed E-state index contributed by atoms with van der Waals surface area (Å²) in [4.78, 5) is 0. The highest BCUT2D eigenvalue weighted by Crippen LogP contribution is 2.51. The van der Waals surface area contributed by atoms with Crippen LogP contribution in [0.3, 0.4) is 0 Å². The van der Waals surface area contributed by atoms with Gasteiger partial charge in [0.25, 0.3) is 5.92 Å². The van der Waals surface area contributed by atoms with Gasteiger partial charge in [-0.15, -0.1) is 0 Å². The fourth-order valence-electron chi connectivity index (χ4n) is 3.35. The largest absolute Gasteiger partial charge is 0.378 e. The summed E-state index contributed by atoms with van der Waals surface area (Å²) in [6, 6.07) is 2.19. The van der Waals surface area contributed by atoms with Gasteiger partial charge in [-0.3, -0.25) is 0 Å². The zero-order valence-electron chi connectivity index (χ0n) is 11.1. The summed E-state index contributed by atoms with van der Waals surface area (Å²) in [5.74, 6) is -7.24. The van der Waals surface area contributed by atoms with Crippen molar-refractivity contribution in [1.82, 2.24) is 0 Å². The molecule has 3 atom stereocenters. The predicted molar refractivity (Wildman–Crippen MR) is 65.6 cm³/mol. The highest BCUT2D eigenvalue weighted by Gasteiger charge is 2.54. The van der Waals surface area contributed by atoms with Gasteiger partial charge in [0.05, 0.1) is 18.3 Å². The second kappa shape index (κ2) is 4.72. The summed E-state index contributed by atoms with van der Waals surface area (Å²) in [6.07, 6.45) is 1.53. The molecule has 0 N–H and O–H groups in total. The Morgan fingerprint density at radius 2 is 1.95 bits per heavy atom. The van der Waals surface area contributed by atoms with E-state index in [1.807, 2.05) is 6.92 Å². The zero-order valence-corrected chi connectivity index (χ0v) is 11.1. The van der Waals surface area contributed by atoms with Crippen LogP contribution >= 0.6 is 0 Å². The molecule has 0 spiro atoms. The lowest BCUT2D eigenvalue weighted by Gasteiger charge is -2.33. The number of fused-ring (bicyclic) bond motifs is 1. The molecule has 3 unspecified atom stereocenters. The molecule has 1 aliphatic carbocycles. The normalized spacial score (nSPS) is 32.1. The third kappa shape index (κ3) is 2.03. The van der Waals surface area contributed by atoms with Gasteiger partial charge >= 0.3 is 0 Å². The molecule has 0 radical (unpaired) electrons. The van der Waals surface area contributed by atoms with Crippen LogP contribution in [-0.4, -0.2) is 12.7 Å². The minimum atomic E-state index is -3.32. The van der Waals surface area contributed by atoms with E-state index in [-0.39, 0.29) is 30.6 Å². The number of benzene rings is 1. The molecular formula is C15H16F4O. The first-order valence-electron chi connectivity index (χ1n) is 6.88. The summed E-state index contributed by atoms with van der Waals surface area (Å²) >= 11 is 0. The highest BCUT2D eigenvalue weighted by atomic mass is 19.3. The van der Waals surface area contributed by atoms with Crippen molar-refractivity contribution in [2.75, 3.05) is 6.61 Å². The van der Waals surface area contributed by atoms with Crippen LogP contribution in [0, 0.1) is 23.5 Å². The fraction of sp³-hybridized carbons (Fsp3) is 0.600. The lowest BCUT2D eigenvalue weighted by molar-refractivity contribution is -0.112. The Bertz CT molecular complexity index is 521. The molecule has 110 valence electrons. The molecule has 1 nitrogen and oxygen atoms in total. The summed E-state index contributed by atoms with van der Waals surface area (Å²) in [5.41, 5.74) is -0.529. The van der Waals surface area contributed by atoms with Crippen LogP contribution < -0.4 is 0 Å². The average Bonchev–Trinajstić information content (AvgIpc) is 2.67. The second-order valence-electron chi connectivity index (χ2n) is 5.81. The molecule has 2 aliphatic rings. The number of hydrogen-bond donors (Lipinski definition) is 0. The molecule has 1 saturated heterocycles.